The summed E-state index contributed by atoms with van der Waals surface area (Å²) >= 11 is 0. The number of aryl methyl sites for hydroxylation is 2. The molecule has 2 atom stereocenters. The first-order valence-corrected chi connectivity index (χ1v) is 11.9. The molecule has 0 spiro atoms. The fourth-order valence-corrected chi connectivity index (χ4v) is 4.98. The van der Waals surface area contributed by atoms with Crippen molar-refractivity contribution >= 4 is 27.2 Å². The predicted molar refractivity (Wildman–Crippen MR) is 126 cm³/mol. The molecule has 3 aromatic rings. The van der Waals surface area contributed by atoms with E-state index < -0.39 is 16.1 Å². The third-order valence-electron chi connectivity index (χ3n) is 5.96. The molecule has 0 radical (unpaired) electrons. The number of nitrogens with one attached hydrogen (secondary N) is 2. The van der Waals surface area contributed by atoms with E-state index in [0.717, 1.165) is 16.7 Å². The maximum atomic E-state index is 12.9. The Balaban J connectivity index is 1.57. The molecular weight excluding hydrogens is 424 g/mol. The van der Waals surface area contributed by atoms with Crippen molar-refractivity contribution in [2.24, 2.45) is 0 Å². The van der Waals surface area contributed by atoms with Gasteiger partial charge in [0.15, 0.2) is 5.78 Å². The molecule has 0 unspecified atom stereocenters. The van der Waals surface area contributed by atoms with Gasteiger partial charge in [-0.05, 0) is 67.8 Å². The Bertz CT molecular complexity index is 1280. The quantitative estimate of drug-likeness (QED) is 0.481. The molecule has 1 heterocycles. The van der Waals surface area contributed by atoms with E-state index in [1.807, 2.05) is 32.0 Å². The minimum atomic E-state index is -3.80. The highest BCUT2D eigenvalue weighted by atomic mass is 32.2. The molecule has 0 aromatic heterocycles. The molecule has 166 valence electrons. The summed E-state index contributed by atoms with van der Waals surface area (Å²) in [6.07, 6.45) is -0.430. The Morgan fingerprint density at radius 3 is 2.38 bits per heavy atom. The van der Waals surface area contributed by atoms with Crippen molar-refractivity contribution < 1.29 is 18.3 Å². The van der Waals surface area contributed by atoms with Crippen LogP contribution in [0.3, 0.4) is 0 Å². The van der Waals surface area contributed by atoms with E-state index in [9.17, 15) is 18.3 Å². The summed E-state index contributed by atoms with van der Waals surface area (Å²) in [4.78, 5) is 11.6. The van der Waals surface area contributed by atoms with Crippen molar-refractivity contribution in [1.82, 2.24) is 0 Å². The van der Waals surface area contributed by atoms with Gasteiger partial charge in [0, 0.05) is 28.9 Å². The van der Waals surface area contributed by atoms with Crippen LogP contribution < -0.4 is 10.0 Å². The summed E-state index contributed by atoms with van der Waals surface area (Å²) in [7, 11) is -3.80. The van der Waals surface area contributed by atoms with Crippen molar-refractivity contribution in [1.29, 1.82) is 0 Å². The molecule has 0 saturated carbocycles. The SMILES string of the molecule is CC(=O)c1ccc([C@@H]2C[C@H](O)c3cc(S(=O)(=O)Nc4ccc(C)c(C)c4)ccc3N2)cc1. The van der Waals surface area contributed by atoms with Crippen LogP contribution in [0.15, 0.2) is 65.6 Å². The summed E-state index contributed by atoms with van der Waals surface area (Å²) in [6.45, 7) is 5.42. The average Bonchev–Trinajstić information content (AvgIpc) is 2.76. The van der Waals surface area contributed by atoms with Crippen LogP contribution in [0, 0.1) is 13.8 Å². The lowest BCUT2D eigenvalue weighted by molar-refractivity contribution is 0.101. The Labute approximate surface area is 188 Å². The second kappa shape index (κ2) is 8.41. The normalized spacial score (nSPS) is 17.9. The minimum Gasteiger partial charge on any atom is -0.388 e. The van der Waals surface area contributed by atoms with Gasteiger partial charge in [-0.2, -0.15) is 0 Å². The molecular formula is C25H26N2O4S. The fraction of sp³-hybridized carbons (Fsp3) is 0.240. The number of benzene rings is 3. The average molecular weight is 451 g/mol. The lowest BCUT2D eigenvalue weighted by Gasteiger charge is -2.31. The molecule has 1 aliphatic heterocycles. The van der Waals surface area contributed by atoms with Crippen molar-refractivity contribution in [2.75, 3.05) is 10.0 Å². The molecule has 6 nitrogen and oxygen atoms in total. The number of sulfonamides is 1. The van der Waals surface area contributed by atoms with Crippen LogP contribution in [0.25, 0.3) is 0 Å². The van der Waals surface area contributed by atoms with Crippen molar-refractivity contribution in [3.63, 3.8) is 0 Å². The van der Waals surface area contributed by atoms with Gasteiger partial charge in [-0.15, -0.1) is 0 Å². The van der Waals surface area contributed by atoms with Crippen LogP contribution in [-0.4, -0.2) is 19.3 Å². The molecule has 3 N–H and O–H groups in total. The van der Waals surface area contributed by atoms with Crippen molar-refractivity contribution in [3.05, 3.63) is 88.5 Å². The van der Waals surface area contributed by atoms with E-state index in [1.54, 1.807) is 30.3 Å². The van der Waals surface area contributed by atoms with Crippen LogP contribution in [0.5, 0.6) is 0 Å². The molecule has 7 heteroatoms. The van der Waals surface area contributed by atoms with Gasteiger partial charge in [0.05, 0.1) is 17.0 Å². The van der Waals surface area contributed by atoms with E-state index in [0.29, 0.717) is 28.9 Å². The number of aliphatic hydroxyl groups excluding tert-OH is 1. The molecule has 0 aliphatic carbocycles. The molecule has 4 rings (SSSR count). The molecule has 3 aromatic carbocycles. The first-order chi connectivity index (χ1) is 15.1. The third kappa shape index (κ3) is 4.40. The van der Waals surface area contributed by atoms with Crippen LogP contribution in [0.2, 0.25) is 0 Å². The molecule has 32 heavy (non-hydrogen) atoms. The Morgan fingerprint density at radius 1 is 1.00 bits per heavy atom. The second-order valence-corrected chi connectivity index (χ2v) is 9.96. The Hall–Kier alpha value is -3.16. The summed E-state index contributed by atoms with van der Waals surface area (Å²) in [6, 6.07) is 17.3. The summed E-state index contributed by atoms with van der Waals surface area (Å²) in [5.74, 6) is 0.00156. The second-order valence-electron chi connectivity index (χ2n) is 8.28. The van der Waals surface area contributed by atoms with Gasteiger partial charge in [-0.25, -0.2) is 8.42 Å². The van der Waals surface area contributed by atoms with Gasteiger partial charge >= 0.3 is 0 Å². The number of hydrogen-bond acceptors (Lipinski definition) is 5. The predicted octanol–water partition coefficient (Wildman–Crippen LogP) is 4.90. The van der Waals surface area contributed by atoms with Gasteiger partial charge in [0.25, 0.3) is 10.0 Å². The topological polar surface area (TPSA) is 95.5 Å². The number of aliphatic hydroxyl groups is 1. The molecule has 0 bridgehead atoms. The maximum Gasteiger partial charge on any atom is 0.261 e. The maximum absolute atomic E-state index is 12.9. The van der Waals surface area contributed by atoms with Gasteiger partial charge in [0.2, 0.25) is 0 Å². The minimum absolute atomic E-state index is 0.00156. The largest absolute Gasteiger partial charge is 0.388 e. The summed E-state index contributed by atoms with van der Waals surface area (Å²) in [5, 5.41) is 14.1. The summed E-state index contributed by atoms with van der Waals surface area (Å²) in [5.41, 5.74) is 5.40. The highest BCUT2D eigenvalue weighted by molar-refractivity contribution is 7.92. The number of Topliss-reactive ketones (excluding diaryl/α,β-unsaturated/α-hetero) is 1. The lowest BCUT2D eigenvalue weighted by Crippen LogP contribution is -2.22. The van der Waals surface area contributed by atoms with E-state index in [2.05, 4.69) is 10.0 Å². The van der Waals surface area contributed by atoms with Crippen LogP contribution >= 0.6 is 0 Å². The monoisotopic (exact) mass is 450 g/mol. The standard InChI is InChI=1S/C25H26N2O4S/c1-15-4-9-20(12-16(15)2)27-32(30,31)21-10-11-23-22(13-21)25(29)14-24(26-23)19-7-5-18(6-8-19)17(3)28/h4-13,24-27,29H,14H2,1-3H3/t24-,25-/m0/s1. The smallest absolute Gasteiger partial charge is 0.261 e. The Kier molecular flexibility index (Phi) is 5.79. The van der Waals surface area contributed by atoms with Gasteiger partial charge < -0.3 is 10.4 Å². The fourth-order valence-electron chi connectivity index (χ4n) is 3.90. The number of hydrogen-bond donors (Lipinski definition) is 3. The first kappa shape index (κ1) is 22.0. The zero-order valence-corrected chi connectivity index (χ0v) is 19.0. The zero-order chi connectivity index (χ0) is 23.0. The highest BCUT2D eigenvalue weighted by Gasteiger charge is 2.28. The number of anilines is 2. The molecule has 1 aliphatic rings. The van der Waals surface area contributed by atoms with E-state index in [-0.39, 0.29) is 16.7 Å². The van der Waals surface area contributed by atoms with Crippen LogP contribution in [0.4, 0.5) is 11.4 Å². The van der Waals surface area contributed by atoms with Crippen molar-refractivity contribution in [2.45, 2.75) is 44.2 Å². The number of carbonyl (C=O) groups is 1. The number of fused-ring (bicyclic) bond motifs is 1. The van der Waals surface area contributed by atoms with Gasteiger partial charge in [0.1, 0.15) is 0 Å². The van der Waals surface area contributed by atoms with E-state index in [1.165, 1.54) is 19.1 Å². The number of rotatable bonds is 5. The van der Waals surface area contributed by atoms with Gasteiger partial charge in [-0.3, -0.25) is 9.52 Å². The van der Waals surface area contributed by atoms with E-state index >= 15 is 0 Å². The van der Waals surface area contributed by atoms with Crippen molar-refractivity contribution in [3.8, 4) is 0 Å². The van der Waals surface area contributed by atoms with E-state index in [4.69, 9.17) is 0 Å². The third-order valence-corrected chi connectivity index (χ3v) is 7.34. The summed E-state index contributed by atoms with van der Waals surface area (Å²) < 4.78 is 28.5. The molecule has 0 amide bonds. The zero-order valence-electron chi connectivity index (χ0n) is 18.2. The molecule has 0 saturated heterocycles. The first-order valence-electron chi connectivity index (χ1n) is 10.4. The van der Waals surface area contributed by atoms with Crippen LogP contribution in [-0.2, 0) is 10.0 Å². The van der Waals surface area contributed by atoms with Gasteiger partial charge in [-0.1, -0.05) is 30.3 Å². The number of ketones is 1. The number of carbonyl (C=O) groups excluding carboxylic acids is 1. The lowest BCUT2D eigenvalue weighted by atomic mass is 9.91. The Morgan fingerprint density at radius 2 is 1.72 bits per heavy atom. The highest BCUT2D eigenvalue weighted by Crippen LogP contribution is 2.40. The molecule has 0 fully saturated rings. The van der Waals surface area contributed by atoms with Crippen LogP contribution in [0.1, 0.15) is 58.1 Å².